The van der Waals surface area contributed by atoms with Crippen molar-refractivity contribution in [1.82, 2.24) is 4.90 Å². The van der Waals surface area contributed by atoms with Crippen molar-refractivity contribution < 1.29 is 4.79 Å². The van der Waals surface area contributed by atoms with Crippen LogP contribution in [-0.2, 0) is 4.79 Å². The molecule has 0 atom stereocenters. The van der Waals surface area contributed by atoms with Crippen LogP contribution < -0.4 is 11.1 Å². The Morgan fingerprint density at radius 1 is 1.48 bits per heavy atom. The summed E-state index contributed by atoms with van der Waals surface area (Å²) < 4.78 is 0.938. The third kappa shape index (κ3) is 8.14. The van der Waals surface area contributed by atoms with Crippen LogP contribution in [0.3, 0.4) is 0 Å². The van der Waals surface area contributed by atoms with Gasteiger partial charge in [0.2, 0.25) is 5.91 Å². The summed E-state index contributed by atoms with van der Waals surface area (Å²) in [5.74, 6) is 0.451. The minimum atomic E-state index is -0.0308. The molecule has 0 aliphatic heterocycles. The zero-order chi connectivity index (χ0) is 15.8. The summed E-state index contributed by atoms with van der Waals surface area (Å²) in [4.78, 5) is 14.7. The lowest BCUT2D eigenvalue weighted by Gasteiger charge is -2.23. The zero-order valence-electron chi connectivity index (χ0n) is 12.4. The maximum atomic E-state index is 12.1. The first-order valence-corrected chi connectivity index (χ1v) is 8.13. The van der Waals surface area contributed by atoms with Crippen molar-refractivity contribution >= 4 is 44.7 Å². The minimum Gasteiger partial charge on any atom is -0.393 e. The van der Waals surface area contributed by atoms with Crippen LogP contribution in [0.1, 0.15) is 20.3 Å². The van der Waals surface area contributed by atoms with Crippen molar-refractivity contribution in [2.45, 2.75) is 20.3 Å². The largest absolute Gasteiger partial charge is 0.393 e. The van der Waals surface area contributed by atoms with Crippen LogP contribution in [0, 0.1) is 5.92 Å². The summed E-state index contributed by atoms with van der Waals surface area (Å²) in [5.41, 5.74) is 6.33. The number of rotatable bonds is 8. The highest BCUT2D eigenvalue weighted by atomic mass is 79.9. The van der Waals surface area contributed by atoms with Crippen LogP contribution in [0.15, 0.2) is 28.7 Å². The topological polar surface area (TPSA) is 58.4 Å². The van der Waals surface area contributed by atoms with E-state index in [1.54, 1.807) is 0 Å². The molecule has 1 aromatic carbocycles. The maximum absolute atomic E-state index is 12.1. The maximum Gasteiger partial charge on any atom is 0.238 e. The van der Waals surface area contributed by atoms with E-state index >= 15 is 0 Å². The van der Waals surface area contributed by atoms with Gasteiger partial charge in [0, 0.05) is 29.7 Å². The van der Waals surface area contributed by atoms with Gasteiger partial charge in [0.25, 0.3) is 0 Å². The van der Waals surface area contributed by atoms with Crippen LogP contribution in [0.5, 0.6) is 0 Å². The lowest BCUT2D eigenvalue weighted by atomic mass is 10.2. The van der Waals surface area contributed by atoms with Crippen molar-refractivity contribution in [2.75, 3.05) is 25.0 Å². The number of amides is 1. The Morgan fingerprint density at radius 3 is 2.76 bits per heavy atom. The van der Waals surface area contributed by atoms with Gasteiger partial charge in [0.15, 0.2) is 0 Å². The van der Waals surface area contributed by atoms with Crippen LogP contribution >= 0.6 is 28.1 Å². The fraction of sp³-hybridized carbons (Fsp3) is 0.467. The van der Waals surface area contributed by atoms with Crippen molar-refractivity contribution in [3.63, 3.8) is 0 Å². The lowest BCUT2D eigenvalue weighted by Crippen LogP contribution is -2.37. The second-order valence-corrected chi connectivity index (χ2v) is 6.84. The van der Waals surface area contributed by atoms with E-state index in [1.807, 2.05) is 24.3 Å². The molecule has 0 aliphatic rings. The first kappa shape index (κ1) is 18.1. The smallest absolute Gasteiger partial charge is 0.238 e. The van der Waals surface area contributed by atoms with Crippen LogP contribution in [0.2, 0.25) is 0 Å². The van der Waals surface area contributed by atoms with E-state index in [4.69, 9.17) is 18.0 Å². The van der Waals surface area contributed by atoms with E-state index in [9.17, 15) is 4.79 Å². The number of carbonyl (C=O) groups is 1. The number of nitrogens with two attached hydrogens (primary N) is 1. The van der Waals surface area contributed by atoms with Gasteiger partial charge >= 0.3 is 0 Å². The third-order valence-electron chi connectivity index (χ3n) is 2.77. The third-order valence-corrected chi connectivity index (χ3v) is 3.47. The number of nitrogens with zero attached hydrogens (tertiary/aromatic N) is 1. The summed E-state index contributed by atoms with van der Waals surface area (Å²) in [6, 6.07) is 7.55. The van der Waals surface area contributed by atoms with Gasteiger partial charge in [-0.05, 0) is 24.1 Å². The summed E-state index contributed by atoms with van der Waals surface area (Å²) in [5, 5.41) is 2.90. The Bertz CT molecular complexity index is 494. The van der Waals surface area contributed by atoms with Gasteiger partial charge in [-0.3, -0.25) is 9.69 Å². The molecule has 116 valence electrons. The van der Waals surface area contributed by atoms with Gasteiger partial charge in [-0.2, -0.15) is 0 Å². The van der Waals surface area contributed by atoms with E-state index in [1.165, 1.54) is 0 Å². The zero-order valence-corrected chi connectivity index (χ0v) is 14.8. The number of nitrogens with one attached hydrogen (secondary N) is 1. The molecule has 0 unspecified atom stereocenters. The van der Waals surface area contributed by atoms with Crippen molar-refractivity contribution in [3.8, 4) is 0 Å². The predicted molar refractivity (Wildman–Crippen MR) is 95.5 cm³/mol. The second kappa shape index (κ2) is 9.12. The molecule has 21 heavy (non-hydrogen) atoms. The average Bonchev–Trinajstić information content (AvgIpc) is 2.35. The van der Waals surface area contributed by atoms with Crippen molar-refractivity contribution in [2.24, 2.45) is 11.7 Å². The van der Waals surface area contributed by atoms with Gasteiger partial charge < -0.3 is 11.1 Å². The first-order chi connectivity index (χ1) is 9.86. The van der Waals surface area contributed by atoms with E-state index in [0.29, 0.717) is 30.4 Å². The second-order valence-electron chi connectivity index (χ2n) is 5.40. The van der Waals surface area contributed by atoms with Gasteiger partial charge in [-0.25, -0.2) is 0 Å². The Hall–Kier alpha value is -0.980. The first-order valence-electron chi connectivity index (χ1n) is 6.93. The van der Waals surface area contributed by atoms with E-state index in [-0.39, 0.29) is 5.91 Å². The van der Waals surface area contributed by atoms with Gasteiger partial charge in [-0.15, -0.1) is 0 Å². The molecule has 0 fully saturated rings. The Morgan fingerprint density at radius 2 is 2.19 bits per heavy atom. The standard InChI is InChI=1S/C15H22BrN3OS/c1-11(2)9-19(7-6-14(17)21)10-15(20)18-13-5-3-4-12(16)8-13/h3-5,8,11H,6-7,9-10H2,1-2H3,(H2,17,21)(H,18,20). The average molecular weight is 372 g/mol. The fourth-order valence-electron chi connectivity index (χ4n) is 1.99. The number of anilines is 1. The summed E-state index contributed by atoms with van der Waals surface area (Å²) in [6.07, 6.45) is 0.631. The number of carbonyl (C=O) groups excluding carboxylic acids is 1. The summed E-state index contributed by atoms with van der Waals surface area (Å²) in [7, 11) is 0. The normalized spacial score (nSPS) is 10.9. The number of thiocarbonyl (C=S) groups is 1. The van der Waals surface area contributed by atoms with Crippen molar-refractivity contribution in [3.05, 3.63) is 28.7 Å². The molecule has 0 spiro atoms. The van der Waals surface area contributed by atoms with E-state index < -0.39 is 0 Å². The predicted octanol–water partition coefficient (Wildman–Crippen LogP) is 3.02. The highest BCUT2D eigenvalue weighted by Crippen LogP contribution is 2.15. The highest BCUT2D eigenvalue weighted by Gasteiger charge is 2.13. The Kier molecular flexibility index (Phi) is 7.85. The number of benzene rings is 1. The molecule has 6 heteroatoms. The fourth-order valence-corrected chi connectivity index (χ4v) is 2.48. The monoisotopic (exact) mass is 371 g/mol. The van der Waals surface area contributed by atoms with Crippen LogP contribution in [0.4, 0.5) is 5.69 Å². The molecule has 0 heterocycles. The summed E-state index contributed by atoms with van der Waals surface area (Å²) in [6.45, 7) is 6.14. The molecule has 3 N–H and O–H groups in total. The Labute approximate surface area is 140 Å². The number of hydrogen-bond donors (Lipinski definition) is 2. The quantitative estimate of drug-likeness (QED) is 0.689. The van der Waals surface area contributed by atoms with E-state index in [2.05, 4.69) is 40.0 Å². The number of hydrogen-bond acceptors (Lipinski definition) is 3. The molecule has 0 aromatic heterocycles. The minimum absolute atomic E-state index is 0.0308. The van der Waals surface area contributed by atoms with E-state index in [0.717, 1.165) is 16.7 Å². The highest BCUT2D eigenvalue weighted by molar-refractivity contribution is 9.10. The van der Waals surface area contributed by atoms with Gasteiger partial charge in [-0.1, -0.05) is 48.1 Å². The molecule has 1 amide bonds. The molecule has 0 saturated carbocycles. The number of halogens is 1. The Balaban J connectivity index is 2.56. The molecule has 0 saturated heterocycles. The lowest BCUT2D eigenvalue weighted by molar-refractivity contribution is -0.117. The molecule has 4 nitrogen and oxygen atoms in total. The van der Waals surface area contributed by atoms with Crippen LogP contribution in [-0.4, -0.2) is 35.4 Å². The van der Waals surface area contributed by atoms with Gasteiger partial charge in [0.05, 0.1) is 11.5 Å². The molecular formula is C15H22BrN3OS. The molecule has 0 bridgehead atoms. The molecule has 0 radical (unpaired) electrons. The van der Waals surface area contributed by atoms with Gasteiger partial charge in [0.1, 0.15) is 0 Å². The summed E-state index contributed by atoms with van der Waals surface area (Å²) >= 11 is 8.29. The molecule has 1 rings (SSSR count). The SMILES string of the molecule is CC(C)CN(CCC(N)=S)CC(=O)Nc1cccc(Br)c1. The van der Waals surface area contributed by atoms with Crippen molar-refractivity contribution in [1.29, 1.82) is 0 Å². The van der Waals surface area contributed by atoms with Crippen LogP contribution in [0.25, 0.3) is 0 Å². The molecule has 0 aliphatic carbocycles. The molecular weight excluding hydrogens is 350 g/mol. The molecule has 1 aromatic rings.